The maximum absolute atomic E-state index is 13.6. The minimum atomic E-state index is -3.65. The third-order valence-corrected chi connectivity index (χ3v) is 10.1. The minimum Gasteiger partial charge on any atom is -0.486 e. The van der Waals surface area contributed by atoms with Crippen LogP contribution in [0.2, 0.25) is 5.02 Å². The van der Waals surface area contributed by atoms with E-state index in [1.165, 1.54) is 10.7 Å². The van der Waals surface area contributed by atoms with Gasteiger partial charge in [-0.1, -0.05) is 43.6 Å². The molecule has 1 saturated carbocycles. The number of nitro benzene ring substituents is 1. The van der Waals surface area contributed by atoms with Crippen LogP contribution in [0.15, 0.2) is 53.5 Å². The molecule has 2 aromatic carbocycles. The Hall–Kier alpha value is -3.48. The molecule has 2 fully saturated rings. The molecule has 41 heavy (non-hydrogen) atoms. The van der Waals surface area contributed by atoms with E-state index in [0.29, 0.717) is 57.9 Å². The molecular formula is C28H33ClN5O6S+. The molecule has 5 rings (SSSR count). The van der Waals surface area contributed by atoms with Gasteiger partial charge in [0.15, 0.2) is 0 Å². The van der Waals surface area contributed by atoms with Crippen molar-refractivity contribution in [3.8, 4) is 11.4 Å². The molecule has 1 aliphatic carbocycles. The van der Waals surface area contributed by atoms with Gasteiger partial charge in [0.2, 0.25) is 5.75 Å². The number of aryl methyl sites for hydroxylation is 1. The van der Waals surface area contributed by atoms with Crippen LogP contribution in [0.5, 0.6) is 5.75 Å². The van der Waals surface area contributed by atoms with Gasteiger partial charge in [-0.15, -0.1) is 0 Å². The van der Waals surface area contributed by atoms with Gasteiger partial charge >= 0.3 is 5.56 Å². The fourth-order valence-electron chi connectivity index (χ4n) is 4.98. The molecule has 0 amide bonds. The van der Waals surface area contributed by atoms with Crippen LogP contribution >= 0.6 is 11.6 Å². The van der Waals surface area contributed by atoms with Crippen LogP contribution in [0.4, 0.5) is 11.4 Å². The van der Waals surface area contributed by atoms with Crippen molar-refractivity contribution < 1.29 is 22.4 Å². The lowest BCUT2D eigenvalue weighted by Gasteiger charge is -2.33. The minimum absolute atomic E-state index is 0.0369. The van der Waals surface area contributed by atoms with E-state index in [0.717, 1.165) is 12.8 Å². The number of anilines is 1. The van der Waals surface area contributed by atoms with E-state index in [1.807, 2.05) is 11.8 Å². The first-order chi connectivity index (χ1) is 19.5. The van der Waals surface area contributed by atoms with Crippen molar-refractivity contribution in [3.63, 3.8) is 0 Å². The van der Waals surface area contributed by atoms with Gasteiger partial charge in [-0.2, -0.15) is 18.2 Å². The number of ether oxygens (including phenoxy) is 1. The van der Waals surface area contributed by atoms with Gasteiger partial charge in [0.25, 0.3) is 15.7 Å². The first kappa shape index (κ1) is 29.0. The molecule has 1 N–H and O–H groups in total. The number of piperazine rings is 1. The lowest BCUT2D eigenvalue weighted by molar-refractivity contribution is -0.768. The molecule has 2 aliphatic rings. The Labute approximate surface area is 243 Å². The molecule has 0 radical (unpaired) electrons. The average molecular weight is 603 g/mol. The largest absolute Gasteiger partial charge is 0.486 e. The average Bonchev–Trinajstić information content (AvgIpc) is 3.69. The number of nitro groups is 1. The Balaban J connectivity index is 1.35. The number of nitrogens with one attached hydrogen (secondary N) is 1. The zero-order valence-corrected chi connectivity index (χ0v) is 24.6. The summed E-state index contributed by atoms with van der Waals surface area (Å²) in [7, 11) is -3.65. The Morgan fingerprint density at radius 3 is 2.54 bits per heavy atom. The first-order valence-electron chi connectivity index (χ1n) is 13.6. The maximum atomic E-state index is 13.6. The molecule has 1 aromatic heterocycles. The summed E-state index contributed by atoms with van der Waals surface area (Å²) in [5.41, 5.74) is 1.57. The molecule has 2 heterocycles. The van der Waals surface area contributed by atoms with Crippen molar-refractivity contribution in [2.24, 2.45) is 5.41 Å². The normalized spacial score (nSPS) is 16.9. The highest BCUT2D eigenvalue weighted by atomic mass is 35.5. The van der Waals surface area contributed by atoms with Gasteiger partial charge in [-0.05, 0) is 43.0 Å². The van der Waals surface area contributed by atoms with Gasteiger partial charge in [0, 0.05) is 22.1 Å². The summed E-state index contributed by atoms with van der Waals surface area (Å²) in [4.78, 5) is 26.5. The Morgan fingerprint density at radius 2 is 1.90 bits per heavy atom. The summed E-state index contributed by atoms with van der Waals surface area (Å²) >= 11 is 6.14. The number of rotatable bonds is 10. The third kappa shape index (κ3) is 6.39. The van der Waals surface area contributed by atoms with Crippen molar-refractivity contribution in [3.05, 3.63) is 85.3 Å². The van der Waals surface area contributed by atoms with Crippen LogP contribution in [0.1, 0.15) is 37.8 Å². The van der Waals surface area contributed by atoms with Crippen LogP contribution in [0.3, 0.4) is 0 Å². The second kappa shape index (κ2) is 11.4. The predicted octanol–water partition coefficient (Wildman–Crippen LogP) is 2.77. The summed E-state index contributed by atoms with van der Waals surface area (Å²) in [6.45, 7) is 5.59. The summed E-state index contributed by atoms with van der Waals surface area (Å²) in [6, 6.07) is 11.5. The molecule has 218 valence electrons. The molecule has 0 bridgehead atoms. The SMILES string of the molecule is CCc1ccc(CS(=O)(=O)[NH+]2CCN(c3cnn(-c4cccc(Cl)c4)c(=O)c3OCC3(C)CC3)CC2)cc1[N+](=O)[O-]. The van der Waals surface area contributed by atoms with E-state index < -0.39 is 20.5 Å². The predicted molar refractivity (Wildman–Crippen MR) is 156 cm³/mol. The van der Waals surface area contributed by atoms with E-state index in [9.17, 15) is 23.3 Å². The number of hydrogen-bond donors (Lipinski definition) is 1. The van der Waals surface area contributed by atoms with Gasteiger partial charge in [0.05, 0.1) is 36.5 Å². The van der Waals surface area contributed by atoms with Crippen molar-refractivity contribution in [1.29, 1.82) is 0 Å². The fourth-order valence-corrected chi connectivity index (χ4v) is 6.80. The highest BCUT2D eigenvalue weighted by Crippen LogP contribution is 2.45. The standard InChI is InChI=1S/C28H32ClN5O6S/c1-3-21-8-7-20(15-24(21)34(36)37)18-41(38,39)32-13-11-31(12-14-32)25-17-30-33(23-6-4-5-22(29)16-23)27(35)26(25)40-19-28(2)9-10-28/h4-8,15-17H,3,9-14,18-19H2,1-2H3/p+1. The number of sulfonamides is 1. The van der Waals surface area contributed by atoms with Gasteiger partial charge < -0.3 is 9.64 Å². The number of halogens is 1. The summed E-state index contributed by atoms with van der Waals surface area (Å²) in [5, 5.41) is 16.3. The van der Waals surface area contributed by atoms with Crippen molar-refractivity contribution in [2.45, 2.75) is 38.9 Å². The van der Waals surface area contributed by atoms with E-state index in [2.05, 4.69) is 12.0 Å². The van der Waals surface area contributed by atoms with Crippen molar-refractivity contribution in [2.75, 3.05) is 37.7 Å². The third-order valence-electron chi connectivity index (χ3n) is 7.82. The van der Waals surface area contributed by atoms with Gasteiger partial charge in [-0.3, -0.25) is 14.9 Å². The Bertz CT molecular complexity index is 1630. The van der Waals surface area contributed by atoms with Crippen LogP contribution in [-0.2, 0) is 22.2 Å². The molecular weight excluding hydrogens is 570 g/mol. The highest BCUT2D eigenvalue weighted by molar-refractivity contribution is 7.84. The number of hydrogen-bond acceptors (Lipinski definition) is 8. The quantitative estimate of drug-likeness (QED) is 0.277. The zero-order chi connectivity index (χ0) is 29.4. The molecule has 1 saturated heterocycles. The van der Waals surface area contributed by atoms with Crippen LogP contribution in [0.25, 0.3) is 5.69 Å². The molecule has 0 atom stereocenters. The number of aromatic nitrogens is 2. The smallest absolute Gasteiger partial charge is 0.316 e. The van der Waals surface area contributed by atoms with E-state index >= 15 is 0 Å². The second-order valence-electron chi connectivity index (χ2n) is 11.0. The highest BCUT2D eigenvalue weighted by Gasteiger charge is 2.39. The van der Waals surface area contributed by atoms with E-state index in [-0.39, 0.29) is 35.7 Å². The van der Waals surface area contributed by atoms with E-state index in [4.69, 9.17) is 16.3 Å². The zero-order valence-electron chi connectivity index (χ0n) is 23.0. The first-order valence-corrected chi connectivity index (χ1v) is 15.6. The second-order valence-corrected chi connectivity index (χ2v) is 13.5. The molecule has 0 unspecified atom stereocenters. The van der Waals surface area contributed by atoms with Crippen LogP contribution < -0.4 is 19.5 Å². The number of quaternary nitrogens is 1. The van der Waals surface area contributed by atoms with E-state index in [1.54, 1.807) is 42.6 Å². The molecule has 0 spiro atoms. The van der Waals surface area contributed by atoms with Crippen molar-refractivity contribution >= 4 is 33.0 Å². The van der Waals surface area contributed by atoms with Crippen LogP contribution in [-0.4, -0.2) is 55.9 Å². The number of benzene rings is 2. The monoisotopic (exact) mass is 602 g/mol. The Kier molecular flexibility index (Phi) is 8.09. The summed E-state index contributed by atoms with van der Waals surface area (Å²) in [6.07, 6.45) is 4.13. The summed E-state index contributed by atoms with van der Waals surface area (Å²) in [5.74, 6) is -0.111. The lowest BCUT2D eigenvalue weighted by Crippen LogP contribution is -3.16. The maximum Gasteiger partial charge on any atom is 0.316 e. The van der Waals surface area contributed by atoms with Gasteiger partial charge in [0.1, 0.15) is 24.5 Å². The lowest BCUT2D eigenvalue weighted by atomic mass is 10.1. The molecule has 11 nitrogen and oxygen atoms in total. The molecule has 13 heteroatoms. The number of nitrogens with zero attached hydrogens (tertiary/aromatic N) is 4. The topological polar surface area (TPSA) is 129 Å². The van der Waals surface area contributed by atoms with Crippen LogP contribution in [0, 0.1) is 15.5 Å². The molecule has 1 aliphatic heterocycles. The molecule has 3 aromatic rings. The Morgan fingerprint density at radius 1 is 1.17 bits per heavy atom. The van der Waals surface area contributed by atoms with Crippen molar-refractivity contribution in [1.82, 2.24) is 9.78 Å². The summed E-state index contributed by atoms with van der Waals surface area (Å²) < 4.78 is 34.3. The van der Waals surface area contributed by atoms with Gasteiger partial charge in [-0.25, -0.2) is 4.31 Å². The fraction of sp³-hybridized carbons (Fsp3) is 0.429.